The van der Waals surface area contributed by atoms with Gasteiger partial charge in [-0.3, -0.25) is 0 Å². The van der Waals surface area contributed by atoms with Crippen LogP contribution in [0, 0.1) is 32.0 Å². The summed E-state index contributed by atoms with van der Waals surface area (Å²) < 4.78 is 0. The van der Waals surface area contributed by atoms with Crippen molar-refractivity contribution < 1.29 is 27.3 Å². The van der Waals surface area contributed by atoms with Gasteiger partial charge < -0.3 is 0 Å². The van der Waals surface area contributed by atoms with Gasteiger partial charge in [0.1, 0.15) is 16.2 Å². The molecule has 0 aliphatic rings. The van der Waals surface area contributed by atoms with Crippen LogP contribution in [-0.2, 0) is 27.3 Å². The zero-order valence-electron chi connectivity index (χ0n) is 4.89. The second kappa shape index (κ2) is 56.8. The molecule has 7 heteroatoms. The summed E-state index contributed by atoms with van der Waals surface area (Å²) in [7, 11) is 0. The predicted octanol–water partition coefficient (Wildman–Crippen LogP) is 1.19. The van der Waals surface area contributed by atoms with Crippen molar-refractivity contribution in [2.75, 3.05) is 0 Å². The molecule has 3 nitrogen and oxygen atoms in total. The van der Waals surface area contributed by atoms with E-state index in [1.807, 2.05) is 0 Å². The van der Waals surface area contributed by atoms with Crippen molar-refractivity contribution in [1.82, 2.24) is 0 Å². The smallest absolute Gasteiger partial charge is 0.130 e. The second-order valence-electron chi connectivity index (χ2n) is 0.300. The molecule has 0 unspecified atom stereocenters. The minimum atomic E-state index is 0. The molecule has 0 aromatic rings. The van der Waals surface area contributed by atoms with Gasteiger partial charge in [-0.25, -0.2) is 0 Å². The fourth-order valence-corrected chi connectivity index (χ4v) is 0. The van der Waals surface area contributed by atoms with Crippen LogP contribution >= 0.6 is 37.9 Å². The Morgan fingerprint density at radius 3 is 0.700 bits per heavy atom. The molecule has 0 aliphatic heterocycles. The molecule has 0 bridgehead atoms. The van der Waals surface area contributed by atoms with Crippen molar-refractivity contribution in [3.63, 3.8) is 0 Å². The molecule has 0 atom stereocenters. The van der Waals surface area contributed by atoms with Crippen molar-refractivity contribution in [2.24, 2.45) is 0 Å². The fraction of sp³-hybridized carbons (Fsp3) is 0. The number of hydrogen-bond acceptors (Lipinski definition) is 6. The average molecular weight is 290 g/mol. The number of thiol groups is 3. The van der Waals surface area contributed by atoms with Gasteiger partial charge in [0.15, 0.2) is 0 Å². The third-order valence-electron chi connectivity index (χ3n) is 0. The Morgan fingerprint density at radius 2 is 0.700 bits per heavy atom. The SMILES string of the molecule is N#CS.N#CS.N#CS.[Cd]. The summed E-state index contributed by atoms with van der Waals surface area (Å²) in [5, 5.41) is 25.9. The van der Waals surface area contributed by atoms with E-state index in [0.29, 0.717) is 0 Å². The minimum Gasteiger partial charge on any atom is -0.185 e. The Bertz CT molecular complexity index is 112. The third-order valence-corrected chi connectivity index (χ3v) is 0. The molecule has 0 saturated carbocycles. The largest absolute Gasteiger partial charge is 0.185 e. The van der Waals surface area contributed by atoms with Gasteiger partial charge in [0.25, 0.3) is 0 Å². The van der Waals surface area contributed by atoms with Gasteiger partial charge in [-0.15, -0.1) is 0 Å². The predicted molar refractivity (Wildman–Crippen MR) is 43.8 cm³/mol. The van der Waals surface area contributed by atoms with Gasteiger partial charge in [-0.05, 0) is 0 Å². The summed E-state index contributed by atoms with van der Waals surface area (Å²) in [6, 6.07) is 0. The topological polar surface area (TPSA) is 71.4 Å². The average Bonchev–Trinajstić information content (AvgIpc) is 1.70. The summed E-state index contributed by atoms with van der Waals surface area (Å²) in [6.45, 7) is 0. The molecule has 0 rings (SSSR count). The number of nitrogens with zero attached hydrogens (tertiary/aromatic N) is 3. The molecule has 50 valence electrons. The van der Waals surface area contributed by atoms with E-state index in [0.717, 1.165) is 0 Å². The standard InChI is InChI=1S/3CHNS.Cd/c3*2-1-3;/h3*3H;. The maximum atomic E-state index is 7.18. The maximum Gasteiger partial charge on any atom is 0.130 e. The second-order valence-corrected chi connectivity index (χ2v) is 0.900. The Hall–Kier alpha value is 0.442. The van der Waals surface area contributed by atoms with Crippen molar-refractivity contribution >= 4 is 37.9 Å². The van der Waals surface area contributed by atoms with Gasteiger partial charge in [0.2, 0.25) is 0 Å². The van der Waals surface area contributed by atoms with Crippen LogP contribution in [0.5, 0.6) is 0 Å². The van der Waals surface area contributed by atoms with E-state index in [9.17, 15) is 0 Å². The molecule has 0 N–H and O–H groups in total. The number of thiocyanates is 3. The van der Waals surface area contributed by atoms with Crippen LogP contribution in [0.1, 0.15) is 0 Å². The Labute approximate surface area is 96.4 Å². The molecule has 0 radical (unpaired) electrons. The van der Waals surface area contributed by atoms with E-state index in [1.165, 1.54) is 16.2 Å². The van der Waals surface area contributed by atoms with Crippen LogP contribution in [0.2, 0.25) is 0 Å². The van der Waals surface area contributed by atoms with Crippen LogP contribution in [0.4, 0.5) is 0 Å². The maximum absolute atomic E-state index is 7.18. The molecule has 0 amide bonds. The molecule has 0 saturated heterocycles. The normalized spacial score (nSPS) is 2.40. The van der Waals surface area contributed by atoms with Gasteiger partial charge in [0.05, 0.1) is 0 Å². The zero-order chi connectivity index (χ0) is 8.12. The summed E-state index contributed by atoms with van der Waals surface area (Å²) >= 11 is 9.28. The van der Waals surface area contributed by atoms with Crippen molar-refractivity contribution in [1.29, 1.82) is 15.8 Å². The van der Waals surface area contributed by atoms with Crippen LogP contribution in [0.3, 0.4) is 0 Å². The molecule has 0 spiro atoms. The van der Waals surface area contributed by atoms with E-state index in [-0.39, 0.29) is 27.3 Å². The van der Waals surface area contributed by atoms with Crippen molar-refractivity contribution in [3.8, 4) is 16.2 Å². The van der Waals surface area contributed by atoms with Crippen LogP contribution in [-0.4, -0.2) is 0 Å². The van der Waals surface area contributed by atoms with E-state index >= 15 is 0 Å². The van der Waals surface area contributed by atoms with E-state index in [4.69, 9.17) is 15.8 Å². The minimum absolute atomic E-state index is 0. The molecular formula is C3H3CdN3S3. The molecule has 10 heavy (non-hydrogen) atoms. The first-order valence-electron chi connectivity index (χ1n) is 1.34. The van der Waals surface area contributed by atoms with Gasteiger partial charge in [-0.2, -0.15) is 15.8 Å². The Morgan fingerprint density at radius 1 is 0.700 bits per heavy atom. The first-order chi connectivity index (χ1) is 4.24. The van der Waals surface area contributed by atoms with Crippen molar-refractivity contribution in [3.05, 3.63) is 0 Å². The van der Waals surface area contributed by atoms with Crippen LogP contribution < -0.4 is 0 Å². The molecule has 0 heterocycles. The monoisotopic (exact) mass is 291 g/mol. The van der Waals surface area contributed by atoms with Crippen LogP contribution in [0.15, 0.2) is 0 Å². The van der Waals surface area contributed by atoms with Gasteiger partial charge >= 0.3 is 0 Å². The molecule has 0 aromatic heterocycles. The molecule has 0 fully saturated rings. The summed E-state index contributed by atoms with van der Waals surface area (Å²) in [6.07, 6.45) is 0. The van der Waals surface area contributed by atoms with Gasteiger partial charge in [0, 0.05) is 27.3 Å². The summed E-state index contributed by atoms with van der Waals surface area (Å²) in [4.78, 5) is 0. The number of rotatable bonds is 0. The van der Waals surface area contributed by atoms with Gasteiger partial charge in [-0.1, -0.05) is 37.9 Å². The Kier molecular flexibility index (Phi) is 127. The fourth-order valence-electron chi connectivity index (χ4n) is 0. The van der Waals surface area contributed by atoms with Crippen molar-refractivity contribution in [2.45, 2.75) is 0 Å². The van der Waals surface area contributed by atoms with Crippen LogP contribution in [0.25, 0.3) is 0 Å². The summed E-state index contributed by atoms with van der Waals surface area (Å²) in [5.41, 5.74) is 0. The molecular weight excluding hydrogens is 287 g/mol. The number of hydrogen-bond donors (Lipinski definition) is 3. The molecule has 0 aliphatic carbocycles. The first kappa shape index (κ1) is 22.4. The van der Waals surface area contributed by atoms with E-state index in [1.54, 1.807) is 0 Å². The quantitative estimate of drug-likeness (QED) is 0.356. The third kappa shape index (κ3) is 2390. The summed E-state index contributed by atoms with van der Waals surface area (Å²) in [5.74, 6) is 0. The van der Waals surface area contributed by atoms with E-state index < -0.39 is 0 Å². The number of nitriles is 3. The van der Waals surface area contributed by atoms with E-state index in [2.05, 4.69) is 37.9 Å². The Balaban J connectivity index is -0.0000000257. The zero-order valence-corrected chi connectivity index (χ0v) is 11.6. The first-order valence-corrected chi connectivity index (χ1v) is 2.68. The molecule has 0 aromatic carbocycles.